The first-order valence-electron chi connectivity index (χ1n) is 13.0. The van der Waals surface area contributed by atoms with Gasteiger partial charge in [-0.05, 0) is 58.3 Å². The number of amides is 1. The Morgan fingerprint density at radius 3 is 2.63 bits per heavy atom. The number of pyridine rings is 1. The van der Waals surface area contributed by atoms with Gasteiger partial charge in [0, 0.05) is 44.3 Å². The fourth-order valence-corrected chi connectivity index (χ4v) is 4.39. The van der Waals surface area contributed by atoms with Crippen LogP contribution in [0.1, 0.15) is 13.8 Å². The summed E-state index contributed by atoms with van der Waals surface area (Å²) in [5.74, 6) is 0.360. The van der Waals surface area contributed by atoms with E-state index in [1.54, 1.807) is 12.1 Å². The molecule has 3 heterocycles. The van der Waals surface area contributed by atoms with Crippen LogP contribution in [0.2, 0.25) is 5.02 Å². The topological polar surface area (TPSA) is 100 Å². The standard InChI is InChI=1S/C29H34ClFN8O2/c1-8-25(40)33-22-14-23(28(41-17(2)3)36-27(22)38(6)12-11-37(4)5)34-29-32-15-21(30)26(35-29)20-16-39(7)24-13-18(31)9-10-19(20)24/h8-10,13-17H,1,11-12H2,2-7H3,(H,33,40)(H,32,34,35). The third-order valence-electron chi connectivity index (χ3n) is 6.20. The average Bonchev–Trinajstić information content (AvgIpc) is 3.24. The van der Waals surface area contributed by atoms with Gasteiger partial charge in [-0.1, -0.05) is 18.2 Å². The Labute approximate surface area is 243 Å². The zero-order valence-corrected chi connectivity index (χ0v) is 24.8. The minimum atomic E-state index is -0.380. The Hall–Kier alpha value is -4.22. The van der Waals surface area contributed by atoms with Crippen LogP contribution in [-0.4, -0.2) is 70.7 Å². The molecule has 0 atom stereocenters. The van der Waals surface area contributed by atoms with E-state index in [-0.39, 0.29) is 23.8 Å². The molecule has 1 aromatic carbocycles. The summed E-state index contributed by atoms with van der Waals surface area (Å²) in [4.78, 5) is 30.2. The van der Waals surface area contributed by atoms with E-state index >= 15 is 0 Å². The number of hydrogen-bond donors (Lipinski definition) is 2. The van der Waals surface area contributed by atoms with Crippen LogP contribution in [0.5, 0.6) is 5.88 Å². The Morgan fingerprint density at radius 2 is 1.95 bits per heavy atom. The number of benzene rings is 1. The Morgan fingerprint density at radius 1 is 1.20 bits per heavy atom. The Balaban J connectivity index is 1.79. The lowest BCUT2D eigenvalue weighted by Crippen LogP contribution is -2.30. The number of carbonyl (C=O) groups excluding carboxylic acids is 1. The second kappa shape index (κ2) is 12.5. The van der Waals surface area contributed by atoms with E-state index in [2.05, 4.69) is 27.1 Å². The third-order valence-corrected chi connectivity index (χ3v) is 6.48. The Bertz CT molecular complexity index is 1590. The molecule has 0 saturated heterocycles. The summed E-state index contributed by atoms with van der Waals surface area (Å²) < 4.78 is 21.8. The molecule has 0 bridgehead atoms. The first-order valence-corrected chi connectivity index (χ1v) is 13.4. The molecule has 0 saturated carbocycles. The van der Waals surface area contributed by atoms with Crippen molar-refractivity contribution < 1.29 is 13.9 Å². The molecule has 0 spiro atoms. The van der Waals surface area contributed by atoms with Crippen LogP contribution in [0.25, 0.3) is 22.2 Å². The number of hydrogen-bond acceptors (Lipinski definition) is 8. The van der Waals surface area contributed by atoms with Crippen LogP contribution in [0, 0.1) is 5.82 Å². The van der Waals surface area contributed by atoms with Crippen LogP contribution < -0.4 is 20.3 Å². The van der Waals surface area contributed by atoms with E-state index in [9.17, 15) is 9.18 Å². The summed E-state index contributed by atoms with van der Waals surface area (Å²) in [5.41, 5.74) is 2.81. The van der Waals surface area contributed by atoms with Crippen LogP contribution >= 0.6 is 11.6 Å². The van der Waals surface area contributed by atoms with Gasteiger partial charge in [-0.25, -0.2) is 14.4 Å². The SMILES string of the molecule is C=CC(=O)Nc1cc(Nc2ncc(Cl)c(-c3cn(C)c4cc(F)ccc34)n2)c(OC(C)C)nc1N(C)CCN(C)C. The first kappa shape index (κ1) is 29.8. The lowest BCUT2D eigenvalue weighted by atomic mass is 10.1. The number of nitrogens with one attached hydrogen (secondary N) is 2. The number of ether oxygens (including phenoxy) is 1. The van der Waals surface area contributed by atoms with Crippen molar-refractivity contribution >= 4 is 51.6 Å². The van der Waals surface area contributed by atoms with Gasteiger partial charge in [-0.2, -0.15) is 4.98 Å². The maximum Gasteiger partial charge on any atom is 0.247 e. The van der Waals surface area contributed by atoms with Crippen molar-refractivity contribution in [2.45, 2.75) is 20.0 Å². The first-order chi connectivity index (χ1) is 19.5. The van der Waals surface area contributed by atoms with Gasteiger partial charge in [0.2, 0.25) is 17.7 Å². The lowest BCUT2D eigenvalue weighted by Gasteiger charge is -2.25. The molecule has 4 aromatic rings. The Kier molecular flexibility index (Phi) is 9.09. The minimum Gasteiger partial charge on any atom is -0.473 e. The zero-order valence-electron chi connectivity index (χ0n) is 24.0. The molecular formula is C29H34ClFN8O2. The number of halogens is 2. The molecule has 0 unspecified atom stereocenters. The number of rotatable bonds is 11. The second-order valence-corrected chi connectivity index (χ2v) is 10.5. The maximum absolute atomic E-state index is 13.9. The van der Waals surface area contributed by atoms with Crippen LogP contribution in [0.4, 0.5) is 27.5 Å². The molecule has 12 heteroatoms. The number of aryl methyl sites for hydroxylation is 1. The second-order valence-electron chi connectivity index (χ2n) is 10.1. The third kappa shape index (κ3) is 6.93. The molecule has 3 aromatic heterocycles. The van der Waals surface area contributed by atoms with E-state index in [4.69, 9.17) is 26.3 Å². The summed E-state index contributed by atoms with van der Waals surface area (Å²) >= 11 is 6.54. The van der Waals surface area contributed by atoms with E-state index < -0.39 is 0 Å². The molecule has 0 aliphatic carbocycles. The van der Waals surface area contributed by atoms with E-state index in [1.165, 1.54) is 24.4 Å². The highest BCUT2D eigenvalue weighted by molar-refractivity contribution is 6.33. The van der Waals surface area contributed by atoms with Crippen molar-refractivity contribution in [1.29, 1.82) is 0 Å². The van der Waals surface area contributed by atoms with Gasteiger partial charge in [0.25, 0.3) is 0 Å². The molecule has 4 rings (SSSR count). The minimum absolute atomic E-state index is 0.186. The van der Waals surface area contributed by atoms with Crippen LogP contribution in [0.3, 0.4) is 0 Å². The molecule has 0 radical (unpaired) electrons. The number of fused-ring (bicyclic) bond motifs is 1. The average molecular weight is 581 g/mol. The molecule has 0 aliphatic rings. The van der Waals surface area contributed by atoms with Crippen LogP contribution in [0.15, 0.2) is 49.3 Å². The number of carbonyl (C=O) groups is 1. The summed E-state index contributed by atoms with van der Waals surface area (Å²) in [7, 11) is 7.70. The summed E-state index contributed by atoms with van der Waals surface area (Å²) in [6.07, 6.45) is 4.35. The molecule has 41 heavy (non-hydrogen) atoms. The smallest absolute Gasteiger partial charge is 0.247 e. The molecule has 216 valence electrons. The van der Waals surface area contributed by atoms with Crippen molar-refractivity contribution in [3.8, 4) is 17.1 Å². The number of nitrogens with zero attached hydrogens (tertiary/aromatic N) is 6. The highest BCUT2D eigenvalue weighted by Gasteiger charge is 2.21. The van der Waals surface area contributed by atoms with Gasteiger partial charge in [0.05, 0.1) is 34.2 Å². The van der Waals surface area contributed by atoms with Crippen molar-refractivity contribution in [1.82, 2.24) is 24.4 Å². The highest BCUT2D eigenvalue weighted by Crippen LogP contribution is 2.37. The maximum atomic E-state index is 13.9. The summed E-state index contributed by atoms with van der Waals surface area (Å²) in [6.45, 7) is 8.79. The molecular weight excluding hydrogens is 547 g/mol. The van der Waals surface area contributed by atoms with Crippen molar-refractivity contribution in [2.75, 3.05) is 49.8 Å². The van der Waals surface area contributed by atoms with E-state index in [0.29, 0.717) is 45.9 Å². The fourth-order valence-electron chi connectivity index (χ4n) is 4.20. The molecule has 2 N–H and O–H groups in total. The van der Waals surface area contributed by atoms with Gasteiger partial charge < -0.3 is 29.7 Å². The van der Waals surface area contributed by atoms with Gasteiger partial charge in [0.15, 0.2) is 5.82 Å². The van der Waals surface area contributed by atoms with Gasteiger partial charge in [-0.3, -0.25) is 4.79 Å². The van der Waals surface area contributed by atoms with E-state index in [1.807, 2.05) is 57.7 Å². The highest BCUT2D eigenvalue weighted by atomic mass is 35.5. The van der Waals surface area contributed by atoms with Crippen molar-refractivity contribution in [3.05, 3.63) is 60.2 Å². The molecule has 10 nitrogen and oxygen atoms in total. The molecule has 0 aliphatic heterocycles. The van der Waals surface area contributed by atoms with Gasteiger partial charge >= 0.3 is 0 Å². The summed E-state index contributed by atoms with van der Waals surface area (Å²) in [6, 6.07) is 6.29. The quantitative estimate of drug-likeness (QED) is 0.225. The lowest BCUT2D eigenvalue weighted by molar-refractivity contribution is -0.111. The number of anilines is 4. The molecule has 0 fully saturated rings. The fraction of sp³-hybridized carbons (Fsp3) is 0.310. The van der Waals surface area contributed by atoms with E-state index in [0.717, 1.165) is 17.5 Å². The van der Waals surface area contributed by atoms with Crippen LogP contribution in [-0.2, 0) is 11.8 Å². The molecule has 1 amide bonds. The number of likely N-dealkylation sites (N-methyl/N-ethyl adjacent to an activating group) is 2. The monoisotopic (exact) mass is 580 g/mol. The predicted molar refractivity (Wildman–Crippen MR) is 163 cm³/mol. The number of aromatic nitrogens is 4. The predicted octanol–water partition coefficient (Wildman–Crippen LogP) is 5.48. The van der Waals surface area contributed by atoms with Crippen molar-refractivity contribution in [3.63, 3.8) is 0 Å². The van der Waals surface area contributed by atoms with Gasteiger partial charge in [0.1, 0.15) is 11.5 Å². The van der Waals surface area contributed by atoms with Gasteiger partial charge in [-0.15, -0.1) is 0 Å². The van der Waals surface area contributed by atoms with Crippen molar-refractivity contribution in [2.24, 2.45) is 7.05 Å². The largest absolute Gasteiger partial charge is 0.473 e. The summed E-state index contributed by atoms with van der Waals surface area (Å²) in [5, 5.41) is 7.16. The normalized spacial score (nSPS) is 11.3. The zero-order chi connectivity index (χ0) is 29.8.